The second-order valence-corrected chi connectivity index (χ2v) is 6.42. The van der Waals surface area contributed by atoms with Crippen molar-refractivity contribution in [2.24, 2.45) is 5.73 Å². The number of carbonyl (C=O) groups excluding carboxylic acids is 2. The average Bonchev–Trinajstić information content (AvgIpc) is 3.01. The van der Waals surface area contributed by atoms with E-state index < -0.39 is 6.04 Å². The van der Waals surface area contributed by atoms with E-state index in [2.05, 4.69) is 5.32 Å². The van der Waals surface area contributed by atoms with Gasteiger partial charge in [0.2, 0.25) is 11.8 Å². The summed E-state index contributed by atoms with van der Waals surface area (Å²) in [5.41, 5.74) is 6.17. The van der Waals surface area contributed by atoms with Crippen molar-refractivity contribution in [3.8, 4) is 11.5 Å². The van der Waals surface area contributed by atoms with E-state index >= 15 is 0 Å². The summed E-state index contributed by atoms with van der Waals surface area (Å²) in [5, 5.41) is 2.86. The fourth-order valence-corrected chi connectivity index (χ4v) is 3.07. The second kappa shape index (κ2) is 11.7. The number of carbonyl (C=O) groups is 2. The fraction of sp³-hybridized carbons (Fsp3) is 0.579. The Morgan fingerprint density at radius 2 is 1.78 bits per heavy atom. The molecule has 1 unspecified atom stereocenters. The number of hydrogen-bond donors (Lipinski definition) is 2. The first-order valence-corrected chi connectivity index (χ1v) is 9.13. The van der Waals surface area contributed by atoms with Crippen LogP contribution in [0.1, 0.15) is 38.5 Å². The lowest BCUT2D eigenvalue weighted by Gasteiger charge is -2.19. The Kier molecular flexibility index (Phi) is 9.96. The molecule has 152 valence electrons. The molecule has 1 aliphatic heterocycles. The van der Waals surface area contributed by atoms with E-state index in [4.69, 9.17) is 15.2 Å². The van der Waals surface area contributed by atoms with Gasteiger partial charge in [0.05, 0.1) is 19.9 Å². The maximum Gasteiger partial charge on any atom is 0.249 e. The number of amides is 2. The van der Waals surface area contributed by atoms with Crippen molar-refractivity contribution in [2.45, 2.75) is 44.6 Å². The van der Waals surface area contributed by atoms with E-state index in [0.29, 0.717) is 43.1 Å². The van der Waals surface area contributed by atoms with E-state index in [1.165, 1.54) is 0 Å². The van der Waals surface area contributed by atoms with Crippen molar-refractivity contribution in [2.75, 3.05) is 32.2 Å². The third-order valence-corrected chi connectivity index (χ3v) is 4.55. The summed E-state index contributed by atoms with van der Waals surface area (Å²) < 4.78 is 10.5. The number of nitrogens with one attached hydrogen (secondary N) is 1. The number of benzene rings is 1. The average molecular weight is 400 g/mol. The first-order valence-electron chi connectivity index (χ1n) is 9.13. The van der Waals surface area contributed by atoms with Gasteiger partial charge in [0.1, 0.15) is 17.5 Å². The minimum atomic E-state index is -0.469. The molecule has 2 rings (SSSR count). The number of methoxy groups -OCH3 is 2. The largest absolute Gasteiger partial charge is 0.497 e. The molecular weight excluding hydrogens is 370 g/mol. The molecule has 2 amide bonds. The van der Waals surface area contributed by atoms with Gasteiger partial charge in [0.15, 0.2) is 0 Å². The van der Waals surface area contributed by atoms with Crippen LogP contribution in [0, 0.1) is 0 Å². The van der Waals surface area contributed by atoms with Gasteiger partial charge < -0.3 is 25.4 Å². The summed E-state index contributed by atoms with van der Waals surface area (Å²) in [7, 11) is 3.14. The van der Waals surface area contributed by atoms with Gasteiger partial charge in [0, 0.05) is 31.2 Å². The Morgan fingerprint density at radius 3 is 2.37 bits per heavy atom. The molecule has 1 atom stereocenters. The van der Waals surface area contributed by atoms with E-state index in [0.717, 1.165) is 25.7 Å². The van der Waals surface area contributed by atoms with Crippen LogP contribution < -0.4 is 25.4 Å². The first kappa shape index (κ1) is 23.0. The summed E-state index contributed by atoms with van der Waals surface area (Å²) in [6.45, 7) is 1.24. The lowest BCUT2D eigenvalue weighted by molar-refractivity contribution is -0.126. The Labute approximate surface area is 167 Å². The molecule has 1 aromatic rings. The quantitative estimate of drug-likeness (QED) is 0.588. The molecule has 0 spiro atoms. The topological polar surface area (TPSA) is 93.9 Å². The van der Waals surface area contributed by atoms with Crippen LogP contribution in [-0.4, -0.2) is 45.2 Å². The van der Waals surface area contributed by atoms with Crippen LogP contribution in [0.25, 0.3) is 0 Å². The van der Waals surface area contributed by atoms with Gasteiger partial charge >= 0.3 is 0 Å². The van der Waals surface area contributed by atoms with Crippen LogP contribution in [-0.2, 0) is 9.59 Å². The van der Waals surface area contributed by atoms with Crippen LogP contribution in [0.4, 0.5) is 5.69 Å². The maximum absolute atomic E-state index is 12.7. The van der Waals surface area contributed by atoms with Crippen LogP contribution in [0.3, 0.4) is 0 Å². The van der Waals surface area contributed by atoms with Gasteiger partial charge in [0.25, 0.3) is 0 Å². The van der Waals surface area contributed by atoms with Crippen molar-refractivity contribution in [1.82, 2.24) is 5.32 Å². The summed E-state index contributed by atoms with van der Waals surface area (Å²) in [4.78, 5) is 26.4. The second-order valence-electron chi connectivity index (χ2n) is 6.42. The molecule has 0 radical (unpaired) electrons. The highest BCUT2D eigenvalue weighted by Gasteiger charge is 2.33. The number of rotatable bonds is 10. The van der Waals surface area contributed by atoms with Gasteiger partial charge in [-0.1, -0.05) is 12.8 Å². The monoisotopic (exact) mass is 399 g/mol. The molecule has 1 heterocycles. The molecule has 1 saturated heterocycles. The zero-order valence-electron chi connectivity index (χ0n) is 16.0. The highest BCUT2D eigenvalue weighted by atomic mass is 35.5. The molecule has 0 aromatic heterocycles. The first-order chi connectivity index (χ1) is 12.6. The normalized spacial score (nSPS) is 16.0. The predicted molar refractivity (Wildman–Crippen MR) is 108 cm³/mol. The molecule has 3 N–H and O–H groups in total. The molecule has 0 aliphatic carbocycles. The summed E-state index contributed by atoms with van der Waals surface area (Å²) >= 11 is 0. The highest BCUT2D eigenvalue weighted by Crippen LogP contribution is 2.31. The molecule has 1 fully saturated rings. The lowest BCUT2D eigenvalue weighted by atomic mass is 10.1. The SMILES string of the molecule is COc1cc(OC)cc(N2CCC(NC(=O)CCCCCCN)C2=O)c1.Cl. The number of unbranched alkanes of at least 4 members (excludes halogenated alkanes) is 3. The van der Waals surface area contributed by atoms with Gasteiger partial charge in [-0.25, -0.2) is 0 Å². The van der Waals surface area contributed by atoms with Crippen LogP contribution in [0.5, 0.6) is 11.5 Å². The Hall–Kier alpha value is -1.99. The Morgan fingerprint density at radius 1 is 1.15 bits per heavy atom. The molecular formula is C19H30ClN3O4. The van der Waals surface area contributed by atoms with Crippen LogP contribution in [0.2, 0.25) is 0 Å². The maximum atomic E-state index is 12.7. The van der Waals surface area contributed by atoms with Gasteiger partial charge in [-0.05, 0) is 25.8 Å². The molecule has 1 aromatic carbocycles. The molecule has 8 heteroatoms. The number of nitrogens with two attached hydrogens (primary N) is 1. The number of anilines is 1. The van der Waals surface area contributed by atoms with Gasteiger partial charge in [-0.3, -0.25) is 9.59 Å². The fourth-order valence-electron chi connectivity index (χ4n) is 3.07. The Bertz CT molecular complexity index is 605. The highest BCUT2D eigenvalue weighted by molar-refractivity contribution is 6.01. The molecule has 27 heavy (non-hydrogen) atoms. The smallest absolute Gasteiger partial charge is 0.249 e. The van der Waals surface area contributed by atoms with Crippen molar-refractivity contribution >= 4 is 29.9 Å². The summed E-state index contributed by atoms with van der Waals surface area (Å²) in [5.74, 6) is 1.08. The molecule has 1 aliphatic rings. The minimum absolute atomic E-state index is 0. The van der Waals surface area contributed by atoms with Crippen LogP contribution >= 0.6 is 12.4 Å². The summed E-state index contributed by atoms with van der Waals surface area (Å²) in [6, 6.07) is 4.88. The van der Waals surface area contributed by atoms with Crippen molar-refractivity contribution < 1.29 is 19.1 Å². The molecule has 0 bridgehead atoms. The predicted octanol–water partition coefficient (Wildman–Crippen LogP) is 2.26. The lowest BCUT2D eigenvalue weighted by Crippen LogP contribution is -2.41. The summed E-state index contributed by atoms with van der Waals surface area (Å²) in [6.07, 6.45) is 4.88. The van der Waals surface area contributed by atoms with E-state index in [-0.39, 0.29) is 24.2 Å². The third kappa shape index (κ3) is 6.59. The molecule has 7 nitrogen and oxygen atoms in total. The molecule has 0 saturated carbocycles. The standard InChI is InChI=1S/C19H29N3O4.ClH/c1-25-15-11-14(12-16(13-15)26-2)22-10-8-17(19(22)24)21-18(23)7-5-3-4-6-9-20;/h11-13,17H,3-10,20H2,1-2H3,(H,21,23);1H. The number of hydrogen-bond acceptors (Lipinski definition) is 5. The van der Waals surface area contributed by atoms with Crippen molar-refractivity contribution in [1.29, 1.82) is 0 Å². The van der Waals surface area contributed by atoms with E-state index in [1.54, 1.807) is 37.3 Å². The van der Waals surface area contributed by atoms with Gasteiger partial charge in [-0.15, -0.1) is 12.4 Å². The minimum Gasteiger partial charge on any atom is -0.497 e. The number of ether oxygens (including phenoxy) is 2. The zero-order valence-corrected chi connectivity index (χ0v) is 16.8. The van der Waals surface area contributed by atoms with Crippen molar-refractivity contribution in [3.63, 3.8) is 0 Å². The zero-order chi connectivity index (χ0) is 18.9. The van der Waals surface area contributed by atoms with E-state index in [1.807, 2.05) is 0 Å². The van der Waals surface area contributed by atoms with Crippen molar-refractivity contribution in [3.05, 3.63) is 18.2 Å². The van der Waals surface area contributed by atoms with Crippen LogP contribution in [0.15, 0.2) is 18.2 Å². The number of nitrogens with zero attached hydrogens (tertiary/aromatic N) is 1. The Balaban J connectivity index is 0.00000364. The third-order valence-electron chi connectivity index (χ3n) is 4.55. The number of halogens is 1. The van der Waals surface area contributed by atoms with Gasteiger partial charge in [-0.2, -0.15) is 0 Å². The van der Waals surface area contributed by atoms with E-state index in [9.17, 15) is 9.59 Å².